The highest BCUT2D eigenvalue weighted by molar-refractivity contribution is 5.93. The zero-order chi connectivity index (χ0) is 19.3. The number of aromatic nitrogens is 2. The maximum Gasteiger partial charge on any atom is 0.268 e. The Balaban J connectivity index is 2.27. The molecule has 0 saturated carbocycles. The first-order valence-electron chi connectivity index (χ1n) is 9.14. The van der Waals surface area contributed by atoms with E-state index >= 15 is 0 Å². The Morgan fingerprint density at radius 2 is 1.59 bits per heavy atom. The van der Waals surface area contributed by atoms with Gasteiger partial charge in [0.2, 0.25) is 5.43 Å². The SMILES string of the molecule is Cc1ccc2c(c1)c(=O)c1c(=O)n(-c3ccccc3)c(C(C)C)cc1n2C. The van der Waals surface area contributed by atoms with E-state index in [4.69, 9.17) is 0 Å². The van der Waals surface area contributed by atoms with E-state index in [0.717, 1.165) is 22.5 Å². The Kier molecular flexibility index (Phi) is 3.99. The fourth-order valence-electron chi connectivity index (χ4n) is 3.75. The van der Waals surface area contributed by atoms with Crippen molar-refractivity contribution in [3.05, 3.63) is 86.4 Å². The Labute approximate surface area is 157 Å². The zero-order valence-electron chi connectivity index (χ0n) is 16.0. The van der Waals surface area contributed by atoms with Crippen LogP contribution in [0.3, 0.4) is 0 Å². The highest BCUT2D eigenvalue weighted by atomic mass is 16.1. The predicted molar refractivity (Wildman–Crippen MR) is 111 cm³/mol. The van der Waals surface area contributed by atoms with Gasteiger partial charge in [0.1, 0.15) is 5.39 Å². The molecule has 136 valence electrons. The van der Waals surface area contributed by atoms with Crippen molar-refractivity contribution in [1.82, 2.24) is 9.13 Å². The van der Waals surface area contributed by atoms with Gasteiger partial charge in [-0.05, 0) is 43.2 Å². The first-order valence-corrected chi connectivity index (χ1v) is 9.14. The van der Waals surface area contributed by atoms with E-state index in [2.05, 4.69) is 13.8 Å². The third-order valence-corrected chi connectivity index (χ3v) is 5.17. The summed E-state index contributed by atoms with van der Waals surface area (Å²) in [5.74, 6) is 0.131. The van der Waals surface area contributed by atoms with Crippen LogP contribution in [0.5, 0.6) is 0 Å². The normalized spacial score (nSPS) is 11.6. The Morgan fingerprint density at radius 1 is 0.889 bits per heavy atom. The third kappa shape index (κ3) is 2.60. The minimum Gasteiger partial charge on any atom is -0.343 e. The second-order valence-corrected chi connectivity index (χ2v) is 7.37. The molecular weight excluding hydrogens is 336 g/mol. The van der Waals surface area contributed by atoms with Crippen molar-refractivity contribution < 1.29 is 0 Å². The molecule has 4 nitrogen and oxygen atoms in total. The smallest absolute Gasteiger partial charge is 0.268 e. The molecule has 0 unspecified atom stereocenters. The topological polar surface area (TPSA) is 44.0 Å². The highest BCUT2D eigenvalue weighted by Gasteiger charge is 2.19. The zero-order valence-corrected chi connectivity index (χ0v) is 16.0. The fraction of sp³-hybridized carbons (Fsp3) is 0.217. The third-order valence-electron chi connectivity index (χ3n) is 5.17. The second-order valence-electron chi connectivity index (χ2n) is 7.37. The van der Waals surface area contributed by atoms with Crippen LogP contribution < -0.4 is 11.0 Å². The van der Waals surface area contributed by atoms with E-state index in [1.165, 1.54) is 0 Å². The number of hydrogen-bond acceptors (Lipinski definition) is 2. The Morgan fingerprint density at radius 3 is 2.26 bits per heavy atom. The molecule has 0 amide bonds. The minimum absolute atomic E-state index is 0.131. The summed E-state index contributed by atoms with van der Waals surface area (Å²) in [6.45, 7) is 6.07. The number of hydrogen-bond donors (Lipinski definition) is 0. The van der Waals surface area contributed by atoms with Crippen LogP contribution in [0.15, 0.2) is 64.2 Å². The summed E-state index contributed by atoms with van der Waals surface area (Å²) in [6.07, 6.45) is 0. The molecule has 4 aromatic rings. The number of rotatable bonds is 2. The van der Waals surface area contributed by atoms with Gasteiger partial charge < -0.3 is 4.57 Å². The van der Waals surface area contributed by atoms with Crippen molar-refractivity contribution in [1.29, 1.82) is 0 Å². The molecule has 0 spiro atoms. The van der Waals surface area contributed by atoms with Gasteiger partial charge in [-0.25, -0.2) is 0 Å². The van der Waals surface area contributed by atoms with Gasteiger partial charge in [-0.15, -0.1) is 0 Å². The molecule has 0 radical (unpaired) electrons. The summed E-state index contributed by atoms with van der Waals surface area (Å²) < 4.78 is 3.63. The van der Waals surface area contributed by atoms with E-state index in [1.807, 2.05) is 73.1 Å². The van der Waals surface area contributed by atoms with E-state index < -0.39 is 0 Å². The van der Waals surface area contributed by atoms with Crippen LogP contribution in [0.2, 0.25) is 0 Å². The molecule has 4 rings (SSSR count). The summed E-state index contributed by atoms with van der Waals surface area (Å²) in [5, 5.41) is 0.822. The Bertz CT molecular complexity index is 1300. The second kappa shape index (κ2) is 6.23. The molecule has 0 aliphatic rings. The number of aryl methyl sites for hydroxylation is 2. The quantitative estimate of drug-likeness (QED) is 0.502. The molecule has 0 aliphatic heterocycles. The largest absolute Gasteiger partial charge is 0.343 e. The van der Waals surface area contributed by atoms with Gasteiger partial charge in [0, 0.05) is 23.8 Å². The maximum atomic E-state index is 13.5. The van der Waals surface area contributed by atoms with Crippen molar-refractivity contribution in [2.45, 2.75) is 26.7 Å². The molecule has 27 heavy (non-hydrogen) atoms. The van der Waals surface area contributed by atoms with Crippen LogP contribution in [0, 0.1) is 6.92 Å². The molecule has 0 aliphatic carbocycles. The first-order chi connectivity index (χ1) is 12.9. The summed E-state index contributed by atoms with van der Waals surface area (Å²) in [7, 11) is 1.91. The van der Waals surface area contributed by atoms with E-state index in [1.54, 1.807) is 4.57 Å². The van der Waals surface area contributed by atoms with Crippen LogP contribution in [0.1, 0.15) is 31.0 Å². The van der Waals surface area contributed by atoms with Crippen LogP contribution in [0.4, 0.5) is 0 Å². The number of para-hydroxylation sites is 1. The molecule has 0 atom stereocenters. The van der Waals surface area contributed by atoms with Crippen molar-refractivity contribution >= 4 is 21.8 Å². The molecule has 0 saturated heterocycles. The van der Waals surface area contributed by atoms with Gasteiger partial charge >= 0.3 is 0 Å². The minimum atomic E-state index is -0.258. The van der Waals surface area contributed by atoms with Gasteiger partial charge in [-0.2, -0.15) is 0 Å². The molecule has 2 aromatic carbocycles. The number of benzene rings is 2. The average molecular weight is 358 g/mol. The lowest BCUT2D eigenvalue weighted by molar-refractivity contribution is 0.762. The molecule has 2 aromatic heterocycles. The molecule has 4 heteroatoms. The van der Waals surface area contributed by atoms with Gasteiger partial charge in [-0.3, -0.25) is 14.2 Å². The summed E-state index contributed by atoms with van der Waals surface area (Å²) in [5.41, 5.74) is 3.72. The Hall–Kier alpha value is -3.14. The monoisotopic (exact) mass is 358 g/mol. The molecule has 0 bridgehead atoms. The van der Waals surface area contributed by atoms with Crippen LogP contribution in [0.25, 0.3) is 27.5 Å². The van der Waals surface area contributed by atoms with Crippen LogP contribution in [-0.4, -0.2) is 9.13 Å². The lowest BCUT2D eigenvalue weighted by atomic mass is 10.0. The first kappa shape index (κ1) is 17.3. The van der Waals surface area contributed by atoms with Crippen LogP contribution >= 0.6 is 0 Å². The van der Waals surface area contributed by atoms with Gasteiger partial charge in [0.05, 0.1) is 11.0 Å². The summed E-state index contributed by atoms with van der Waals surface area (Å²) >= 11 is 0. The van der Waals surface area contributed by atoms with Crippen molar-refractivity contribution in [2.75, 3.05) is 0 Å². The van der Waals surface area contributed by atoms with Gasteiger partial charge in [-0.1, -0.05) is 43.7 Å². The van der Waals surface area contributed by atoms with E-state index in [0.29, 0.717) is 10.9 Å². The van der Waals surface area contributed by atoms with Gasteiger partial charge in [0.15, 0.2) is 0 Å². The lowest BCUT2D eigenvalue weighted by Gasteiger charge is -2.19. The number of nitrogens with zero attached hydrogens (tertiary/aromatic N) is 2. The molecule has 0 fully saturated rings. The standard InChI is InChI=1S/C23H22N2O2/c1-14(2)19-13-20-21(23(27)25(19)16-8-6-5-7-9-16)22(26)17-12-15(3)10-11-18(17)24(20)4/h5-14H,1-4H3. The summed E-state index contributed by atoms with van der Waals surface area (Å²) in [6, 6.07) is 17.3. The number of pyridine rings is 2. The lowest BCUT2D eigenvalue weighted by Crippen LogP contribution is -2.28. The molecule has 0 N–H and O–H groups in total. The fourth-order valence-corrected chi connectivity index (χ4v) is 3.75. The summed E-state index contributed by atoms with van der Waals surface area (Å²) in [4.78, 5) is 26.8. The molecular formula is C23H22N2O2. The van der Waals surface area contributed by atoms with Crippen molar-refractivity contribution in [2.24, 2.45) is 7.05 Å². The van der Waals surface area contributed by atoms with Crippen LogP contribution in [-0.2, 0) is 7.05 Å². The molecule has 2 heterocycles. The van der Waals surface area contributed by atoms with Crippen molar-refractivity contribution in [3.63, 3.8) is 0 Å². The van der Waals surface area contributed by atoms with E-state index in [9.17, 15) is 9.59 Å². The highest BCUT2D eigenvalue weighted by Crippen LogP contribution is 2.23. The van der Waals surface area contributed by atoms with Gasteiger partial charge in [0.25, 0.3) is 5.56 Å². The maximum absolute atomic E-state index is 13.5. The number of fused-ring (bicyclic) bond motifs is 2. The van der Waals surface area contributed by atoms with Crippen molar-refractivity contribution in [3.8, 4) is 5.69 Å². The predicted octanol–water partition coefficient (Wildman–Crippen LogP) is 4.27. The van der Waals surface area contributed by atoms with E-state index in [-0.39, 0.29) is 22.3 Å². The average Bonchev–Trinajstić information content (AvgIpc) is 2.66.